The van der Waals surface area contributed by atoms with Crippen LogP contribution in [0.1, 0.15) is 19.8 Å². The molecule has 1 aromatic carbocycles. The summed E-state index contributed by atoms with van der Waals surface area (Å²) in [6.07, 6.45) is 3.64. The van der Waals surface area contributed by atoms with Crippen molar-refractivity contribution in [1.82, 2.24) is 9.97 Å². The summed E-state index contributed by atoms with van der Waals surface area (Å²) >= 11 is 0. The first kappa shape index (κ1) is 13.8. The lowest BCUT2D eigenvalue weighted by molar-refractivity contribution is -0.148. The summed E-state index contributed by atoms with van der Waals surface area (Å²) in [5.41, 5.74) is 1.77. The van der Waals surface area contributed by atoms with Crippen LogP contribution in [-0.4, -0.2) is 35.6 Å². The van der Waals surface area contributed by atoms with Crippen LogP contribution in [0.2, 0.25) is 0 Å². The molecular formula is C16H19N3O2. The highest BCUT2D eigenvalue weighted by Crippen LogP contribution is 2.23. The van der Waals surface area contributed by atoms with Gasteiger partial charge in [0.05, 0.1) is 29.8 Å². The number of nitrogens with zero attached hydrogens (tertiary/aromatic N) is 3. The number of benzene rings is 1. The Morgan fingerprint density at radius 2 is 2.19 bits per heavy atom. The van der Waals surface area contributed by atoms with E-state index in [2.05, 4.69) is 14.9 Å². The molecule has 3 rings (SSSR count). The molecule has 5 nitrogen and oxygen atoms in total. The topological polar surface area (TPSA) is 55.3 Å². The van der Waals surface area contributed by atoms with E-state index in [4.69, 9.17) is 4.74 Å². The predicted octanol–water partition coefficient (Wildman–Crippen LogP) is 2.41. The van der Waals surface area contributed by atoms with Gasteiger partial charge in [-0.2, -0.15) is 0 Å². The first-order chi connectivity index (χ1) is 10.3. The van der Waals surface area contributed by atoms with Crippen molar-refractivity contribution in [2.45, 2.75) is 19.8 Å². The van der Waals surface area contributed by atoms with Gasteiger partial charge in [-0.3, -0.25) is 9.78 Å². The van der Waals surface area contributed by atoms with Gasteiger partial charge in [0.15, 0.2) is 0 Å². The third kappa shape index (κ3) is 2.96. The molecule has 1 atom stereocenters. The lowest BCUT2D eigenvalue weighted by atomic mass is 9.98. The fourth-order valence-corrected chi connectivity index (χ4v) is 2.74. The highest BCUT2D eigenvalue weighted by molar-refractivity contribution is 5.76. The van der Waals surface area contributed by atoms with Crippen molar-refractivity contribution >= 4 is 22.8 Å². The lowest BCUT2D eigenvalue weighted by Crippen LogP contribution is -2.39. The van der Waals surface area contributed by atoms with Crippen molar-refractivity contribution < 1.29 is 9.53 Å². The molecule has 1 fully saturated rings. The standard InChI is InChI=1S/C16H19N3O2/c1-2-21-16(20)12-6-5-9-19(11-12)15-10-17-13-7-3-4-8-14(13)18-15/h3-4,7-8,10,12H,2,5-6,9,11H2,1H3/t12-/m0/s1. The van der Waals surface area contributed by atoms with E-state index in [1.165, 1.54) is 0 Å². The molecule has 1 aromatic heterocycles. The second-order valence-electron chi connectivity index (χ2n) is 5.25. The zero-order valence-electron chi connectivity index (χ0n) is 12.2. The third-order valence-corrected chi connectivity index (χ3v) is 3.80. The van der Waals surface area contributed by atoms with E-state index in [-0.39, 0.29) is 11.9 Å². The van der Waals surface area contributed by atoms with Crippen molar-refractivity contribution in [3.63, 3.8) is 0 Å². The maximum Gasteiger partial charge on any atom is 0.310 e. The maximum absolute atomic E-state index is 11.9. The number of fused-ring (bicyclic) bond motifs is 1. The third-order valence-electron chi connectivity index (χ3n) is 3.80. The molecule has 0 saturated carbocycles. The molecule has 1 aliphatic heterocycles. The number of anilines is 1. The van der Waals surface area contributed by atoms with Crippen molar-refractivity contribution in [1.29, 1.82) is 0 Å². The molecule has 0 aliphatic carbocycles. The van der Waals surface area contributed by atoms with Crippen LogP contribution < -0.4 is 4.90 Å². The molecule has 1 aliphatic rings. The monoisotopic (exact) mass is 285 g/mol. The van der Waals surface area contributed by atoms with Crippen LogP contribution in [0.5, 0.6) is 0 Å². The summed E-state index contributed by atoms with van der Waals surface area (Å²) in [6.45, 7) is 3.84. The summed E-state index contributed by atoms with van der Waals surface area (Å²) < 4.78 is 5.13. The Morgan fingerprint density at radius 1 is 1.38 bits per heavy atom. The average Bonchev–Trinajstić information content (AvgIpc) is 2.55. The van der Waals surface area contributed by atoms with E-state index in [0.29, 0.717) is 13.2 Å². The van der Waals surface area contributed by atoms with Crippen molar-refractivity contribution in [3.05, 3.63) is 30.5 Å². The van der Waals surface area contributed by atoms with Gasteiger partial charge in [-0.1, -0.05) is 12.1 Å². The van der Waals surface area contributed by atoms with Crippen LogP contribution in [0.25, 0.3) is 11.0 Å². The molecule has 1 saturated heterocycles. The fourth-order valence-electron chi connectivity index (χ4n) is 2.74. The number of hydrogen-bond donors (Lipinski definition) is 0. The summed E-state index contributed by atoms with van der Waals surface area (Å²) in [7, 11) is 0. The SMILES string of the molecule is CCOC(=O)[C@H]1CCCN(c2cnc3ccccc3n2)C1. The zero-order valence-corrected chi connectivity index (χ0v) is 12.2. The molecule has 0 bridgehead atoms. The van der Waals surface area contributed by atoms with Gasteiger partial charge in [0.25, 0.3) is 0 Å². The minimum atomic E-state index is -0.101. The van der Waals surface area contributed by atoms with E-state index in [0.717, 1.165) is 36.2 Å². The predicted molar refractivity (Wildman–Crippen MR) is 81.1 cm³/mol. The van der Waals surface area contributed by atoms with Crippen molar-refractivity contribution in [2.24, 2.45) is 5.92 Å². The first-order valence-corrected chi connectivity index (χ1v) is 7.41. The number of rotatable bonds is 3. The Hall–Kier alpha value is -2.17. The smallest absolute Gasteiger partial charge is 0.310 e. The van der Waals surface area contributed by atoms with E-state index in [9.17, 15) is 4.79 Å². The summed E-state index contributed by atoms with van der Waals surface area (Å²) in [5, 5.41) is 0. The van der Waals surface area contributed by atoms with Gasteiger partial charge >= 0.3 is 5.97 Å². The van der Waals surface area contributed by atoms with Gasteiger partial charge in [0.2, 0.25) is 0 Å². The van der Waals surface area contributed by atoms with E-state index >= 15 is 0 Å². The minimum absolute atomic E-state index is 0.0630. The zero-order chi connectivity index (χ0) is 14.7. The normalized spacial score (nSPS) is 18.7. The van der Waals surface area contributed by atoms with Gasteiger partial charge in [-0.25, -0.2) is 4.98 Å². The molecule has 0 unspecified atom stereocenters. The second kappa shape index (κ2) is 6.08. The molecular weight excluding hydrogens is 266 g/mol. The van der Waals surface area contributed by atoms with Crippen LogP contribution in [-0.2, 0) is 9.53 Å². The molecule has 110 valence electrons. The Kier molecular flexibility index (Phi) is 3.99. The van der Waals surface area contributed by atoms with Gasteiger partial charge in [-0.05, 0) is 31.9 Å². The van der Waals surface area contributed by atoms with Gasteiger partial charge < -0.3 is 9.64 Å². The minimum Gasteiger partial charge on any atom is -0.466 e. The summed E-state index contributed by atoms with van der Waals surface area (Å²) in [6, 6.07) is 7.81. The van der Waals surface area contributed by atoms with Gasteiger partial charge in [0.1, 0.15) is 5.82 Å². The number of carbonyl (C=O) groups excluding carboxylic acids is 1. The van der Waals surface area contributed by atoms with Crippen molar-refractivity contribution in [3.8, 4) is 0 Å². The van der Waals surface area contributed by atoms with Crippen LogP contribution in [0.15, 0.2) is 30.5 Å². The van der Waals surface area contributed by atoms with Crippen LogP contribution in [0, 0.1) is 5.92 Å². The number of esters is 1. The molecule has 21 heavy (non-hydrogen) atoms. The molecule has 2 heterocycles. The number of carbonyl (C=O) groups is 1. The van der Waals surface area contributed by atoms with Gasteiger partial charge in [-0.15, -0.1) is 0 Å². The van der Waals surface area contributed by atoms with Crippen molar-refractivity contribution in [2.75, 3.05) is 24.6 Å². The Balaban J connectivity index is 1.79. The second-order valence-corrected chi connectivity index (χ2v) is 5.25. The average molecular weight is 285 g/mol. The quantitative estimate of drug-likeness (QED) is 0.811. The summed E-state index contributed by atoms with van der Waals surface area (Å²) in [4.78, 5) is 23.1. The Morgan fingerprint density at radius 3 is 3.00 bits per heavy atom. The highest BCUT2D eigenvalue weighted by Gasteiger charge is 2.27. The highest BCUT2D eigenvalue weighted by atomic mass is 16.5. The molecule has 0 spiro atoms. The number of piperidine rings is 1. The van der Waals surface area contributed by atoms with E-state index in [1.54, 1.807) is 6.20 Å². The Labute approximate surface area is 124 Å². The van der Waals surface area contributed by atoms with Gasteiger partial charge in [0, 0.05) is 13.1 Å². The first-order valence-electron chi connectivity index (χ1n) is 7.41. The molecule has 5 heteroatoms. The lowest BCUT2D eigenvalue weighted by Gasteiger charge is -2.32. The molecule has 2 aromatic rings. The number of ether oxygens (including phenoxy) is 1. The number of hydrogen-bond acceptors (Lipinski definition) is 5. The van der Waals surface area contributed by atoms with E-state index < -0.39 is 0 Å². The van der Waals surface area contributed by atoms with Crippen LogP contribution >= 0.6 is 0 Å². The number of aromatic nitrogens is 2. The van der Waals surface area contributed by atoms with E-state index in [1.807, 2.05) is 31.2 Å². The maximum atomic E-state index is 11.9. The Bertz CT molecular complexity index is 644. The van der Waals surface area contributed by atoms with Crippen LogP contribution in [0.3, 0.4) is 0 Å². The molecule has 0 N–H and O–H groups in total. The molecule has 0 radical (unpaired) electrons. The largest absolute Gasteiger partial charge is 0.466 e. The fraction of sp³-hybridized carbons (Fsp3) is 0.438. The molecule has 0 amide bonds. The van der Waals surface area contributed by atoms with Crippen LogP contribution in [0.4, 0.5) is 5.82 Å². The summed E-state index contributed by atoms with van der Waals surface area (Å²) in [5.74, 6) is 0.672. The number of para-hydroxylation sites is 2.